The average Bonchev–Trinajstić information content (AvgIpc) is 2.87. The Hall–Kier alpha value is -2.17. The predicted octanol–water partition coefficient (Wildman–Crippen LogP) is 1.87. The number of rotatable bonds is 4. The van der Waals surface area contributed by atoms with Gasteiger partial charge in [-0.15, -0.1) is 0 Å². The number of hydrogen-bond donors (Lipinski definition) is 2. The summed E-state index contributed by atoms with van der Waals surface area (Å²) in [6.07, 6.45) is 1.77. The van der Waals surface area contributed by atoms with Gasteiger partial charge in [0.2, 0.25) is 0 Å². The molecule has 1 aromatic rings. The van der Waals surface area contributed by atoms with Crippen LogP contribution < -0.4 is 5.32 Å². The maximum atomic E-state index is 12.0. The second kappa shape index (κ2) is 5.86. The second-order valence-electron chi connectivity index (χ2n) is 5.15. The van der Waals surface area contributed by atoms with E-state index in [1.807, 2.05) is 0 Å². The molecule has 0 aliphatic heterocycles. The Morgan fingerprint density at radius 1 is 1.10 bits per heavy atom. The monoisotopic (exact) mass is 275 g/mol. The van der Waals surface area contributed by atoms with E-state index in [4.69, 9.17) is 5.11 Å². The zero-order chi connectivity index (χ0) is 14.7. The maximum absolute atomic E-state index is 12.0. The lowest BCUT2D eigenvalue weighted by Gasteiger charge is -2.12. The molecule has 0 aromatic heterocycles. The van der Waals surface area contributed by atoms with E-state index in [9.17, 15) is 14.4 Å². The van der Waals surface area contributed by atoms with Crippen molar-refractivity contribution in [2.24, 2.45) is 5.92 Å². The fourth-order valence-electron chi connectivity index (χ4n) is 2.46. The number of hydrogen-bond acceptors (Lipinski definition) is 3. The van der Waals surface area contributed by atoms with Gasteiger partial charge in [-0.3, -0.25) is 14.4 Å². The van der Waals surface area contributed by atoms with Crippen LogP contribution in [0.5, 0.6) is 0 Å². The lowest BCUT2D eigenvalue weighted by molar-refractivity contribution is -0.141. The Labute approximate surface area is 117 Å². The summed E-state index contributed by atoms with van der Waals surface area (Å²) in [5.41, 5.74) is 1.04. The maximum Gasteiger partial charge on any atom is 0.306 e. The van der Waals surface area contributed by atoms with Crippen LogP contribution in [0, 0.1) is 5.92 Å². The molecule has 0 heterocycles. The third-order valence-electron chi connectivity index (χ3n) is 3.67. The standard InChI is InChI=1S/C15H17NO4/c1-9(17)10-2-4-11(5-3-10)14(18)16-13-7-6-12(8-13)15(19)20/h2-5,12-13H,6-8H2,1H3,(H,16,18)(H,19,20)/t12-,13+/m0/s1. The molecule has 0 spiro atoms. The first-order valence-electron chi connectivity index (χ1n) is 6.62. The minimum Gasteiger partial charge on any atom is -0.481 e. The van der Waals surface area contributed by atoms with E-state index in [0.29, 0.717) is 30.4 Å². The molecule has 20 heavy (non-hydrogen) atoms. The van der Waals surface area contributed by atoms with Crippen LogP contribution in [0.4, 0.5) is 0 Å². The number of benzene rings is 1. The van der Waals surface area contributed by atoms with E-state index in [-0.39, 0.29) is 23.7 Å². The summed E-state index contributed by atoms with van der Waals surface area (Å²) < 4.78 is 0. The van der Waals surface area contributed by atoms with Gasteiger partial charge in [-0.25, -0.2) is 0 Å². The van der Waals surface area contributed by atoms with Gasteiger partial charge in [0.1, 0.15) is 0 Å². The van der Waals surface area contributed by atoms with Crippen LogP contribution in [0.25, 0.3) is 0 Å². The van der Waals surface area contributed by atoms with Crippen molar-refractivity contribution in [1.82, 2.24) is 5.32 Å². The molecule has 5 nitrogen and oxygen atoms in total. The molecule has 1 aliphatic rings. The van der Waals surface area contributed by atoms with Gasteiger partial charge in [0, 0.05) is 17.2 Å². The summed E-state index contributed by atoms with van der Waals surface area (Å²) in [6, 6.07) is 6.36. The molecule has 2 N–H and O–H groups in total. The summed E-state index contributed by atoms with van der Waals surface area (Å²) in [6.45, 7) is 1.47. The zero-order valence-corrected chi connectivity index (χ0v) is 11.3. The zero-order valence-electron chi connectivity index (χ0n) is 11.3. The van der Waals surface area contributed by atoms with Gasteiger partial charge in [0.05, 0.1) is 5.92 Å². The molecule has 1 amide bonds. The van der Waals surface area contributed by atoms with Crippen molar-refractivity contribution in [3.8, 4) is 0 Å². The van der Waals surface area contributed by atoms with Gasteiger partial charge in [-0.2, -0.15) is 0 Å². The Morgan fingerprint density at radius 2 is 1.70 bits per heavy atom. The number of aliphatic carboxylic acids is 1. The summed E-state index contributed by atoms with van der Waals surface area (Å²) >= 11 is 0. The van der Waals surface area contributed by atoms with Gasteiger partial charge in [0.25, 0.3) is 5.91 Å². The predicted molar refractivity (Wildman–Crippen MR) is 72.7 cm³/mol. The van der Waals surface area contributed by atoms with Crippen molar-refractivity contribution >= 4 is 17.7 Å². The number of Topliss-reactive ketones (excluding diaryl/α,β-unsaturated/α-hetero) is 1. The van der Waals surface area contributed by atoms with E-state index in [1.165, 1.54) is 6.92 Å². The van der Waals surface area contributed by atoms with Crippen LogP contribution in [-0.2, 0) is 4.79 Å². The second-order valence-corrected chi connectivity index (χ2v) is 5.15. The molecule has 2 rings (SSSR count). The number of carboxylic acid groups (broad SMARTS) is 1. The molecule has 106 valence electrons. The molecule has 1 aliphatic carbocycles. The van der Waals surface area contributed by atoms with Crippen LogP contribution in [0.3, 0.4) is 0 Å². The van der Waals surface area contributed by atoms with E-state index >= 15 is 0 Å². The lowest BCUT2D eigenvalue weighted by Crippen LogP contribution is -2.33. The number of ketones is 1. The van der Waals surface area contributed by atoms with Crippen LogP contribution in [0.15, 0.2) is 24.3 Å². The SMILES string of the molecule is CC(=O)c1ccc(C(=O)N[C@@H]2CC[C@H](C(=O)O)C2)cc1. The average molecular weight is 275 g/mol. The topological polar surface area (TPSA) is 83.5 Å². The highest BCUT2D eigenvalue weighted by molar-refractivity contribution is 5.97. The minimum absolute atomic E-state index is 0.0444. The number of carbonyl (C=O) groups excluding carboxylic acids is 2. The molecule has 5 heteroatoms. The Balaban J connectivity index is 1.95. The Kier molecular flexibility index (Phi) is 4.17. The smallest absolute Gasteiger partial charge is 0.306 e. The highest BCUT2D eigenvalue weighted by atomic mass is 16.4. The molecular weight excluding hydrogens is 258 g/mol. The van der Waals surface area contributed by atoms with Crippen LogP contribution in [0.1, 0.15) is 46.9 Å². The number of amides is 1. The largest absolute Gasteiger partial charge is 0.481 e. The normalized spacial score (nSPS) is 21.4. The van der Waals surface area contributed by atoms with Crippen molar-refractivity contribution < 1.29 is 19.5 Å². The number of carboxylic acids is 1. The molecule has 1 saturated carbocycles. The summed E-state index contributed by atoms with van der Waals surface area (Å²) in [5.74, 6) is -1.43. The van der Waals surface area contributed by atoms with Gasteiger partial charge >= 0.3 is 5.97 Å². The van der Waals surface area contributed by atoms with Crippen LogP contribution >= 0.6 is 0 Å². The summed E-state index contributed by atoms with van der Waals surface area (Å²) in [7, 11) is 0. The molecule has 0 radical (unpaired) electrons. The highest BCUT2D eigenvalue weighted by Crippen LogP contribution is 2.25. The van der Waals surface area contributed by atoms with Crippen molar-refractivity contribution in [2.45, 2.75) is 32.2 Å². The number of carbonyl (C=O) groups is 3. The van der Waals surface area contributed by atoms with E-state index in [1.54, 1.807) is 24.3 Å². The minimum atomic E-state index is -0.799. The van der Waals surface area contributed by atoms with Gasteiger partial charge < -0.3 is 10.4 Å². The molecule has 1 fully saturated rings. The van der Waals surface area contributed by atoms with E-state index in [0.717, 1.165) is 0 Å². The first-order chi connectivity index (χ1) is 9.47. The first-order valence-corrected chi connectivity index (χ1v) is 6.62. The molecule has 0 bridgehead atoms. The van der Waals surface area contributed by atoms with E-state index in [2.05, 4.69) is 5.32 Å². The fraction of sp³-hybridized carbons (Fsp3) is 0.400. The lowest BCUT2D eigenvalue weighted by atomic mass is 10.1. The third kappa shape index (κ3) is 3.23. The van der Waals surface area contributed by atoms with Gasteiger partial charge in [-0.1, -0.05) is 12.1 Å². The van der Waals surface area contributed by atoms with Crippen molar-refractivity contribution in [3.63, 3.8) is 0 Å². The van der Waals surface area contributed by atoms with Gasteiger partial charge in [-0.05, 0) is 38.3 Å². The fourth-order valence-corrected chi connectivity index (χ4v) is 2.46. The highest BCUT2D eigenvalue weighted by Gasteiger charge is 2.30. The molecule has 2 atom stereocenters. The Morgan fingerprint density at radius 3 is 2.20 bits per heavy atom. The third-order valence-corrected chi connectivity index (χ3v) is 3.67. The quantitative estimate of drug-likeness (QED) is 0.822. The first kappa shape index (κ1) is 14.2. The molecule has 0 unspecified atom stereocenters. The van der Waals surface area contributed by atoms with Crippen LogP contribution in [0.2, 0.25) is 0 Å². The van der Waals surface area contributed by atoms with E-state index < -0.39 is 5.97 Å². The molecule has 0 saturated heterocycles. The van der Waals surface area contributed by atoms with Crippen molar-refractivity contribution in [1.29, 1.82) is 0 Å². The van der Waals surface area contributed by atoms with Gasteiger partial charge in [0.15, 0.2) is 5.78 Å². The summed E-state index contributed by atoms with van der Waals surface area (Å²) in [4.78, 5) is 34.0. The molecule has 1 aromatic carbocycles. The summed E-state index contributed by atoms with van der Waals surface area (Å²) in [5, 5.41) is 11.8. The van der Waals surface area contributed by atoms with Crippen molar-refractivity contribution in [2.75, 3.05) is 0 Å². The number of nitrogens with one attached hydrogen (secondary N) is 1. The van der Waals surface area contributed by atoms with Crippen molar-refractivity contribution in [3.05, 3.63) is 35.4 Å². The Bertz CT molecular complexity index is 535. The van der Waals surface area contributed by atoms with Crippen LogP contribution in [-0.4, -0.2) is 28.8 Å². The molecular formula is C15H17NO4.